The molecule has 10 nitrogen and oxygen atoms in total. The van der Waals surface area contributed by atoms with Crippen LogP contribution in [0, 0.1) is 0 Å². The molecule has 0 spiro atoms. The molecule has 6 aromatic rings. The van der Waals surface area contributed by atoms with Crippen molar-refractivity contribution in [1.29, 1.82) is 0 Å². The van der Waals surface area contributed by atoms with Gasteiger partial charge in [0.2, 0.25) is 23.6 Å². The van der Waals surface area contributed by atoms with Gasteiger partial charge < -0.3 is 31.2 Å². The molecule has 0 radical (unpaired) electrons. The van der Waals surface area contributed by atoms with E-state index in [1.807, 2.05) is 109 Å². The molecule has 262 valence electrons. The molecule has 4 heterocycles. The van der Waals surface area contributed by atoms with Gasteiger partial charge in [-0.25, -0.2) is 0 Å². The number of nitrogens with zero attached hydrogens (tertiary/aromatic N) is 2. The molecule has 2 saturated heterocycles. The van der Waals surface area contributed by atoms with E-state index < -0.39 is 22.9 Å². The summed E-state index contributed by atoms with van der Waals surface area (Å²) in [6.45, 7) is 0.913. The normalized spacial score (nSPS) is 20.2. The molecule has 8 rings (SSSR count). The van der Waals surface area contributed by atoms with Crippen molar-refractivity contribution in [2.45, 2.75) is 49.6 Å². The standard InChI is InChI=1S/C42H40N6O4/c43-39(51)41(17-7-19-47(41)37(49)21-27-9-3-1-4-10-27)31-13-15-33-29(23-31)25-35(45-33)36-26-30-24-32(14-16-34(30)46-36)42(40(44)52)18-8-20-48(42)38(50)22-28-11-5-2-6-12-28/h1-6,9-16,23-26,45-46H,7-8,17-22H2,(H2,43,51)(H2,44,52). The predicted molar refractivity (Wildman–Crippen MR) is 200 cm³/mol. The number of rotatable bonds is 9. The van der Waals surface area contributed by atoms with Crippen molar-refractivity contribution in [2.24, 2.45) is 11.5 Å². The van der Waals surface area contributed by atoms with Crippen molar-refractivity contribution < 1.29 is 19.2 Å². The minimum absolute atomic E-state index is 0.130. The first-order chi connectivity index (χ1) is 25.2. The molecule has 0 aliphatic carbocycles. The molecule has 52 heavy (non-hydrogen) atoms. The fraction of sp³-hybridized carbons (Fsp3) is 0.238. The van der Waals surface area contributed by atoms with E-state index in [2.05, 4.69) is 9.97 Å². The third-order valence-corrected chi connectivity index (χ3v) is 11.1. The van der Waals surface area contributed by atoms with Crippen LogP contribution in [0.1, 0.15) is 47.9 Å². The van der Waals surface area contributed by atoms with Crippen LogP contribution in [0.4, 0.5) is 0 Å². The van der Waals surface area contributed by atoms with E-state index in [0.717, 1.165) is 44.3 Å². The van der Waals surface area contributed by atoms with E-state index in [1.54, 1.807) is 9.80 Å². The Morgan fingerprint density at radius 3 is 1.35 bits per heavy atom. The van der Waals surface area contributed by atoms with Gasteiger partial charge in [0.15, 0.2) is 0 Å². The number of aromatic nitrogens is 2. The summed E-state index contributed by atoms with van der Waals surface area (Å²) in [6, 6.07) is 34.6. The fourth-order valence-electron chi connectivity index (χ4n) is 8.51. The van der Waals surface area contributed by atoms with Crippen molar-refractivity contribution >= 4 is 45.4 Å². The Labute approximate surface area is 300 Å². The number of fused-ring (bicyclic) bond motifs is 2. The summed E-state index contributed by atoms with van der Waals surface area (Å²) in [5.41, 5.74) is 16.3. The fourth-order valence-corrected chi connectivity index (χ4v) is 8.51. The molecule has 2 aliphatic rings. The van der Waals surface area contributed by atoms with E-state index >= 15 is 0 Å². The van der Waals surface area contributed by atoms with Gasteiger partial charge in [0, 0.05) is 34.9 Å². The molecule has 2 aliphatic heterocycles. The van der Waals surface area contributed by atoms with Gasteiger partial charge in [-0.15, -0.1) is 0 Å². The highest BCUT2D eigenvalue weighted by atomic mass is 16.2. The Kier molecular flexibility index (Phi) is 8.17. The average molecular weight is 693 g/mol. The first-order valence-corrected chi connectivity index (χ1v) is 17.7. The van der Waals surface area contributed by atoms with Gasteiger partial charge in [0.25, 0.3) is 0 Å². The van der Waals surface area contributed by atoms with E-state index in [-0.39, 0.29) is 24.7 Å². The number of hydrogen-bond acceptors (Lipinski definition) is 4. The van der Waals surface area contributed by atoms with Crippen molar-refractivity contribution in [2.75, 3.05) is 13.1 Å². The van der Waals surface area contributed by atoms with Crippen LogP contribution >= 0.6 is 0 Å². The van der Waals surface area contributed by atoms with Crippen LogP contribution in [0.15, 0.2) is 109 Å². The second-order valence-corrected chi connectivity index (χ2v) is 14.0. The van der Waals surface area contributed by atoms with E-state index in [9.17, 15) is 19.2 Å². The van der Waals surface area contributed by atoms with E-state index in [1.165, 1.54) is 0 Å². The van der Waals surface area contributed by atoms with Gasteiger partial charge in [0.05, 0.1) is 24.2 Å². The Bertz CT molecular complexity index is 2180. The van der Waals surface area contributed by atoms with Crippen molar-refractivity contribution in [3.8, 4) is 11.4 Å². The Morgan fingerprint density at radius 2 is 0.962 bits per heavy atom. The van der Waals surface area contributed by atoms with Gasteiger partial charge in [0.1, 0.15) is 11.1 Å². The van der Waals surface area contributed by atoms with Crippen LogP contribution in [0.2, 0.25) is 0 Å². The largest absolute Gasteiger partial charge is 0.367 e. The number of nitrogens with two attached hydrogens (primary N) is 2. The number of benzene rings is 4. The summed E-state index contributed by atoms with van der Waals surface area (Å²) in [7, 11) is 0. The third-order valence-electron chi connectivity index (χ3n) is 11.1. The monoisotopic (exact) mass is 692 g/mol. The molecule has 0 bridgehead atoms. The molecule has 2 aromatic heterocycles. The topological polar surface area (TPSA) is 158 Å². The molecule has 2 atom stereocenters. The summed E-state index contributed by atoms with van der Waals surface area (Å²) >= 11 is 0. The van der Waals surface area contributed by atoms with Crippen LogP contribution in [0.3, 0.4) is 0 Å². The summed E-state index contributed by atoms with van der Waals surface area (Å²) in [6.07, 6.45) is 2.64. The van der Waals surface area contributed by atoms with E-state index in [4.69, 9.17) is 11.5 Å². The van der Waals surface area contributed by atoms with Crippen LogP contribution < -0.4 is 11.5 Å². The zero-order valence-corrected chi connectivity index (χ0v) is 28.7. The minimum Gasteiger partial charge on any atom is -0.367 e. The molecule has 2 fully saturated rings. The second kappa shape index (κ2) is 12.9. The zero-order chi connectivity index (χ0) is 36.0. The number of primary amides is 2. The lowest BCUT2D eigenvalue weighted by molar-refractivity contribution is -0.143. The number of carbonyl (C=O) groups is 4. The quantitative estimate of drug-likeness (QED) is 0.160. The summed E-state index contributed by atoms with van der Waals surface area (Å²) in [5.74, 6) is -1.34. The van der Waals surface area contributed by atoms with Gasteiger partial charge in [-0.2, -0.15) is 0 Å². The number of hydrogen-bond donors (Lipinski definition) is 4. The Balaban J connectivity index is 1.10. The molecule has 6 N–H and O–H groups in total. The molecule has 0 saturated carbocycles. The first-order valence-electron chi connectivity index (χ1n) is 17.7. The number of likely N-dealkylation sites (tertiary alicyclic amines) is 2. The highest BCUT2D eigenvalue weighted by molar-refractivity contribution is 5.97. The number of nitrogens with one attached hydrogen (secondary N) is 2. The third kappa shape index (κ3) is 5.42. The SMILES string of the molecule is NC(=O)C1(c2ccc3[nH]c(-c4cc5cc(C6(C(N)=O)CCCN6C(=O)Cc6ccccc6)ccc5[nH]4)cc3c2)CCCN1C(=O)Cc1ccccc1. The summed E-state index contributed by atoms with van der Waals surface area (Å²) in [4.78, 5) is 64.0. The highest BCUT2D eigenvalue weighted by Crippen LogP contribution is 2.42. The van der Waals surface area contributed by atoms with Gasteiger partial charge in [-0.1, -0.05) is 72.8 Å². The maximum Gasteiger partial charge on any atom is 0.248 e. The number of carbonyl (C=O) groups excluding carboxylic acids is 4. The molecule has 2 unspecified atom stereocenters. The lowest BCUT2D eigenvalue weighted by Crippen LogP contribution is -2.54. The van der Waals surface area contributed by atoms with Gasteiger partial charge in [-0.05, 0) is 84.3 Å². The van der Waals surface area contributed by atoms with Crippen LogP contribution in [0.5, 0.6) is 0 Å². The second-order valence-electron chi connectivity index (χ2n) is 14.0. The highest BCUT2D eigenvalue weighted by Gasteiger charge is 2.51. The number of amides is 4. The van der Waals surface area contributed by atoms with Crippen molar-refractivity contribution in [3.05, 3.63) is 131 Å². The lowest BCUT2D eigenvalue weighted by Gasteiger charge is -2.36. The Hall–Kier alpha value is -6.16. The Morgan fingerprint density at radius 1 is 0.558 bits per heavy atom. The minimum atomic E-state index is -1.23. The smallest absolute Gasteiger partial charge is 0.248 e. The molecular weight excluding hydrogens is 653 g/mol. The molecule has 10 heteroatoms. The van der Waals surface area contributed by atoms with Crippen molar-refractivity contribution in [3.63, 3.8) is 0 Å². The maximum absolute atomic E-state index is 13.6. The van der Waals surface area contributed by atoms with Crippen molar-refractivity contribution in [1.82, 2.24) is 19.8 Å². The van der Waals surface area contributed by atoms with Crippen LogP contribution in [-0.2, 0) is 43.1 Å². The predicted octanol–water partition coefficient (Wildman–Crippen LogP) is 5.41. The molecule has 4 amide bonds. The molecular formula is C42H40N6O4. The summed E-state index contributed by atoms with van der Waals surface area (Å²) < 4.78 is 0. The average Bonchev–Trinajstić information content (AvgIpc) is 3.96. The van der Waals surface area contributed by atoms with Crippen LogP contribution in [0.25, 0.3) is 33.2 Å². The number of aromatic amines is 2. The van der Waals surface area contributed by atoms with E-state index in [0.29, 0.717) is 49.9 Å². The zero-order valence-electron chi connectivity index (χ0n) is 28.7. The maximum atomic E-state index is 13.6. The van der Waals surface area contributed by atoms with Gasteiger partial charge in [-0.3, -0.25) is 19.2 Å². The number of H-pyrrole nitrogens is 2. The molecule has 4 aromatic carbocycles. The summed E-state index contributed by atoms with van der Waals surface area (Å²) in [5, 5.41) is 1.75. The van der Waals surface area contributed by atoms with Crippen LogP contribution in [-0.4, -0.2) is 56.5 Å². The lowest BCUT2D eigenvalue weighted by atomic mass is 9.85. The van der Waals surface area contributed by atoms with Gasteiger partial charge >= 0.3 is 0 Å². The first kappa shape index (κ1) is 33.0.